The van der Waals surface area contributed by atoms with Crippen LogP contribution in [0.2, 0.25) is 0 Å². The first-order valence-electron chi connectivity index (χ1n) is 7.35. The van der Waals surface area contributed by atoms with E-state index in [1.54, 1.807) is 18.4 Å². The van der Waals surface area contributed by atoms with E-state index >= 15 is 0 Å². The maximum absolute atomic E-state index is 12.4. The van der Waals surface area contributed by atoms with Gasteiger partial charge in [-0.05, 0) is 18.6 Å². The second-order valence-electron chi connectivity index (χ2n) is 5.01. The molecule has 6 nitrogen and oxygen atoms in total. The number of rotatable bonds is 4. The minimum atomic E-state index is -0.376. The topological polar surface area (TPSA) is 73.3 Å². The Morgan fingerprint density at radius 3 is 2.78 bits per heavy atom. The molecule has 1 aliphatic heterocycles. The van der Waals surface area contributed by atoms with E-state index in [0.717, 1.165) is 17.6 Å². The lowest BCUT2D eigenvalue weighted by Crippen LogP contribution is -2.19. The minimum Gasteiger partial charge on any atom is -0.496 e. The summed E-state index contributed by atoms with van der Waals surface area (Å²) in [6.07, 6.45) is 2.42. The quantitative estimate of drug-likeness (QED) is 0.939. The standard InChI is InChI=1S/C17H17N3O3/c1-3-11-9-23-10-13-14(11)19-15(20-17(13)22-2)16(21)18-12-7-5-4-6-8-12/h4-9H,3,10H2,1-2H3,(H,18,21). The molecule has 0 fully saturated rings. The summed E-state index contributed by atoms with van der Waals surface area (Å²) in [6.45, 7) is 2.34. The Morgan fingerprint density at radius 1 is 1.30 bits per heavy atom. The molecule has 2 heterocycles. The van der Waals surface area contributed by atoms with E-state index in [-0.39, 0.29) is 11.7 Å². The fourth-order valence-corrected chi connectivity index (χ4v) is 2.37. The van der Waals surface area contributed by atoms with Crippen molar-refractivity contribution in [1.29, 1.82) is 0 Å². The van der Waals surface area contributed by atoms with Crippen molar-refractivity contribution in [2.24, 2.45) is 0 Å². The van der Waals surface area contributed by atoms with E-state index < -0.39 is 0 Å². The maximum atomic E-state index is 12.4. The van der Waals surface area contributed by atoms with Gasteiger partial charge in [0, 0.05) is 11.3 Å². The van der Waals surface area contributed by atoms with Crippen LogP contribution in [0.3, 0.4) is 0 Å². The number of fused-ring (bicyclic) bond motifs is 1. The van der Waals surface area contributed by atoms with Gasteiger partial charge in [0.25, 0.3) is 5.91 Å². The van der Waals surface area contributed by atoms with Gasteiger partial charge in [0.2, 0.25) is 11.7 Å². The molecular formula is C17H17N3O3. The number of benzene rings is 1. The average Bonchev–Trinajstić information content (AvgIpc) is 2.61. The molecule has 0 aliphatic carbocycles. The van der Waals surface area contributed by atoms with Gasteiger partial charge in [0.1, 0.15) is 6.61 Å². The highest BCUT2D eigenvalue weighted by atomic mass is 16.5. The van der Waals surface area contributed by atoms with E-state index in [1.165, 1.54) is 7.11 Å². The smallest absolute Gasteiger partial charge is 0.293 e. The van der Waals surface area contributed by atoms with E-state index in [2.05, 4.69) is 15.3 Å². The zero-order valence-electron chi connectivity index (χ0n) is 13.0. The minimum absolute atomic E-state index is 0.0747. The first kappa shape index (κ1) is 15.0. The molecule has 0 bridgehead atoms. The SMILES string of the molecule is CCC1=COCc2c(OC)nc(C(=O)Nc3ccccc3)nc21. The number of ether oxygens (including phenoxy) is 2. The van der Waals surface area contributed by atoms with Crippen LogP contribution in [0.15, 0.2) is 36.6 Å². The number of carbonyl (C=O) groups excluding carboxylic acids is 1. The van der Waals surface area contributed by atoms with E-state index in [0.29, 0.717) is 23.9 Å². The van der Waals surface area contributed by atoms with Crippen LogP contribution in [0.4, 0.5) is 5.69 Å². The Kier molecular flexibility index (Phi) is 4.23. The zero-order valence-corrected chi connectivity index (χ0v) is 13.0. The van der Waals surface area contributed by atoms with Crippen LogP contribution in [0.25, 0.3) is 5.57 Å². The van der Waals surface area contributed by atoms with Gasteiger partial charge in [-0.25, -0.2) is 4.98 Å². The molecule has 3 rings (SSSR count). The summed E-state index contributed by atoms with van der Waals surface area (Å²) in [7, 11) is 1.52. The predicted molar refractivity (Wildman–Crippen MR) is 86.0 cm³/mol. The number of methoxy groups -OCH3 is 1. The lowest BCUT2D eigenvalue weighted by molar-refractivity contribution is 0.101. The summed E-state index contributed by atoms with van der Waals surface area (Å²) >= 11 is 0. The highest BCUT2D eigenvalue weighted by molar-refractivity contribution is 6.01. The maximum Gasteiger partial charge on any atom is 0.293 e. The molecule has 0 atom stereocenters. The number of hydrogen-bond acceptors (Lipinski definition) is 5. The molecule has 1 aliphatic rings. The molecule has 6 heteroatoms. The lowest BCUT2D eigenvalue weighted by atomic mass is 10.0. The van der Waals surface area contributed by atoms with Crippen molar-refractivity contribution in [3.63, 3.8) is 0 Å². The highest BCUT2D eigenvalue weighted by Crippen LogP contribution is 2.31. The molecule has 2 aromatic rings. The monoisotopic (exact) mass is 311 g/mol. The van der Waals surface area contributed by atoms with Crippen molar-refractivity contribution in [3.05, 3.63) is 53.7 Å². The molecule has 1 aromatic heterocycles. The largest absolute Gasteiger partial charge is 0.496 e. The fourth-order valence-electron chi connectivity index (χ4n) is 2.37. The Bertz CT molecular complexity index is 757. The van der Waals surface area contributed by atoms with Gasteiger partial charge in [0.05, 0.1) is 24.6 Å². The Labute approximate surface area is 134 Å². The second-order valence-corrected chi connectivity index (χ2v) is 5.01. The number of allylic oxidation sites excluding steroid dienone is 1. The number of aromatic nitrogens is 2. The third-order valence-corrected chi connectivity index (χ3v) is 3.54. The number of nitrogens with one attached hydrogen (secondary N) is 1. The molecule has 0 unspecified atom stereocenters. The molecular weight excluding hydrogens is 294 g/mol. The molecule has 0 spiro atoms. The van der Waals surface area contributed by atoms with Crippen molar-refractivity contribution >= 4 is 17.2 Å². The van der Waals surface area contributed by atoms with Gasteiger partial charge in [-0.15, -0.1) is 0 Å². The van der Waals surface area contributed by atoms with E-state index in [9.17, 15) is 4.79 Å². The van der Waals surface area contributed by atoms with Crippen LogP contribution in [0.1, 0.15) is 35.2 Å². The van der Waals surface area contributed by atoms with Crippen molar-refractivity contribution in [3.8, 4) is 5.88 Å². The van der Waals surface area contributed by atoms with Gasteiger partial charge >= 0.3 is 0 Å². The third kappa shape index (κ3) is 3.01. The van der Waals surface area contributed by atoms with Gasteiger partial charge in [-0.1, -0.05) is 25.1 Å². The fraction of sp³-hybridized carbons (Fsp3) is 0.235. The van der Waals surface area contributed by atoms with Crippen LogP contribution in [0.5, 0.6) is 5.88 Å². The van der Waals surface area contributed by atoms with Crippen LogP contribution in [-0.4, -0.2) is 23.0 Å². The Morgan fingerprint density at radius 2 is 2.09 bits per heavy atom. The zero-order chi connectivity index (χ0) is 16.2. The van der Waals surface area contributed by atoms with Crippen LogP contribution < -0.4 is 10.1 Å². The summed E-state index contributed by atoms with van der Waals surface area (Å²) in [6, 6.07) is 9.18. The number of anilines is 1. The van der Waals surface area contributed by atoms with E-state index in [4.69, 9.17) is 9.47 Å². The van der Waals surface area contributed by atoms with Gasteiger partial charge in [-0.2, -0.15) is 4.98 Å². The van der Waals surface area contributed by atoms with Crippen LogP contribution in [0, 0.1) is 0 Å². The summed E-state index contributed by atoms with van der Waals surface area (Å²) in [5.41, 5.74) is 3.08. The normalized spacial score (nSPS) is 12.7. The van der Waals surface area contributed by atoms with Gasteiger partial charge in [0.15, 0.2) is 0 Å². The third-order valence-electron chi connectivity index (χ3n) is 3.54. The number of hydrogen-bond donors (Lipinski definition) is 1. The summed E-state index contributed by atoms with van der Waals surface area (Å²) in [4.78, 5) is 21.1. The molecule has 1 N–H and O–H groups in total. The number of para-hydroxylation sites is 1. The highest BCUT2D eigenvalue weighted by Gasteiger charge is 2.23. The Hall–Kier alpha value is -2.89. The number of nitrogens with zero attached hydrogens (tertiary/aromatic N) is 2. The van der Waals surface area contributed by atoms with Crippen LogP contribution in [-0.2, 0) is 11.3 Å². The second kappa shape index (κ2) is 6.48. The molecule has 0 saturated heterocycles. The predicted octanol–water partition coefficient (Wildman–Crippen LogP) is 3.02. The average molecular weight is 311 g/mol. The van der Waals surface area contributed by atoms with Crippen molar-refractivity contribution in [2.45, 2.75) is 20.0 Å². The van der Waals surface area contributed by atoms with E-state index in [1.807, 2.05) is 25.1 Å². The van der Waals surface area contributed by atoms with Crippen LogP contribution >= 0.6 is 0 Å². The molecule has 0 radical (unpaired) electrons. The number of amides is 1. The van der Waals surface area contributed by atoms with Gasteiger partial charge < -0.3 is 14.8 Å². The first-order chi connectivity index (χ1) is 11.2. The number of carbonyl (C=O) groups is 1. The summed E-state index contributed by atoms with van der Waals surface area (Å²) < 4.78 is 10.7. The Balaban J connectivity index is 1.97. The molecule has 1 aromatic carbocycles. The summed E-state index contributed by atoms with van der Waals surface area (Å²) in [5, 5.41) is 2.78. The van der Waals surface area contributed by atoms with Crippen molar-refractivity contribution < 1.29 is 14.3 Å². The van der Waals surface area contributed by atoms with Crippen molar-refractivity contribution in [1.82, 2.24) is 9.97 Å². The molecule has 1 amide bonds. The molecule has 23 heavy (non-hydrogen) atoms. The molecule has 0 saturated carbocycles. The molecule has 118 valence electrons. The first-order valence-corrected chi connectivity index (χ1v) is 7.35. The van der Waals surface area contributed by atoms with Gasteiger partial charge in [-0.3, -0.25) is 4.79 Å². The lowest BCUT2D eigenvalue weighted by Gasteiger charge is -2.19. The summed E-state index contributed by atoms with van der Waals surface area (Å²) in [5.74, 6) is 0.0669. The van der Waals surface area contributed by atoms with Crippen molar-refractivity contribution in [2.75, 3.05) is 12.4 Å².